The summed E-state index contributed by atoms with van der Waals surface area (Å²) in [4.78, 5) is 23.4. The van der Waals surface area contributed by atoms with Gasteiger partial charge in [0.05, 0.1) is 17.3 Å². The smallest absolute Gasteiger partial charge is 0.396 e. The molecule has 0 spiro atoms. The Morgan fingerprint density at radius 3 is 2.52 bits per heavy atom. The van der Waals surface area contributed by atoms with Crippen LogP contribution in [0.15, 0.2) is 18.2 Å². The van der Waals surface area contributed by atoms with Gasteiger partial charge in [0.1, 0.15) is 5.69 Å². The highest BCUT2D eigenvalue weighted by molar-refractivity contribution is 5.69. The number of ether oxygens (including phenoxy) is 1. The maximum absolute atomic E-state index is 13.3. The number of nitrogens with zero attached hydrogens (tertiary/aromatic N) is 2. The molecule has 0 radical (unpaired) electrons. The van der Waals surface area contributed by atoms with Gasteiger partial charge in [-0.15, -0.1) is 0 Å². The fourth-order valence-corrected chi connectivity index (χ4v) is 3.37. The number of anilines is 1. The van der Waals surface area contributed by atoms with Crippen molar-refractivity contribution in [2.45, 2.75) is 44.3 Å². The molecule has 7 nitrogen and oxygen atoms in total. The summed E-state index contributed by atoms with van der Waals surface area (Å²) >= 11 is 0. The Morgan fingerprint density at radius 1 is 1.41 bits per heavy atom. The van der Waals surface area contributed by atoms with Gasteiger partial charge in [-0.05, 0) is 31.4 Å². The zero-order valence-corrected chi connectivity index (χ0v) is 14.7. The van der Waals surface area contributed by atoms with E-state index in [0.717, 1.165) is 12.1 Å². The standard InChI is InChI=1S/C17H21F3N2O5/c1-2-21(12-5-7-27-8-6-12)14-4-3-11(9-15(14)22(25)26)13(10-16(23)24)17(18,19)20/h3-4,9,12-13H,2,5-8,10H2,1H3,(H,23,24)/t13-/m1/s1. The Hall–Kier alpha value is -2.36. The lowest BCUT2D eigenvalue weighted by Gasteiger charge is -2.35. The van der Waals surface area contributed by atoms with Gasteiger partial charge in [-0.25, -0.2) is 0 Å². The minimum atomic E-state index is -4.82. The Bertz CT molecular complexity index is 690. The van der Waals surface area contributed by atoms with E-state index >= 15 is 0 Å². The number of benzene rings is 1. The number of nitro groups is 1. The summed E-state index contributed by atoms with van der Waals surface area (Å²) in [6.07, 6.45) is -4.68. The molecule has 1 N–H and O–H groups in total. The summed E-state index contributed by atoms with van der Waals surface area (Å²) in [5, 5.41) is 20.3. The minimum absolute atomic E-state index is 0.00858. The summed E-state index contributed by atoms with van der Waals surface area (Å²) in [6, 6.07) is 3.25. The molecule has 27 heavy (non-hydrogen) atoms. The Kier molecular flexibility index (Phi) is 6.63. The second-order valence-corrected chi connectivity index (χ2v) is 6.33. The van der Waals surface area contributed by atoms with Crippen molar-refractivity contribution in [2.24, 2.45) is 0 Å². The first-order valence-electron chi connectivity index (χ1n) is 8.56. The van der Waals surface area contributed by atoms with Gasteiger partial charge in [0, 0.05) is 31.9 Å². The predicted octanol–water partition coefficient (Wildman–Crippen LogP) is 3.72. The van der Waals surface area contributed by atoms with Crippen molar-refractivity contribution >= 4 is 17.3 Å². The Labute approximate surface area is 153 Å². The third-order valence-corrected chi connectivity index (χ3v) is 4.65. The number of hydrogen-bond acceptors (Lipinski definition) is 5. The Morgan fingerprint density at radius 2 is 2.04 bits per heavy atom. The average molecular weight is 390 g/mol. The number of carbonyl (C=O) groups is 1. The van der Waals surface area contributed by atoms with E-state index in [2.05, 4.69) is 0 Å². The third-order valence-electron chi connectivity index (χ3n) is 4.65. The molecule has 1 saturated heterocycles. The molecule has 2 rings (SSSR count). The summed E-state index contributed by atoms with van der Waals surface area (Å²) in [7, 11) is 0. The lowest BCUT2D eigenvalue weighted by atomic mass is 9.93. The predicted molar refractivity (Wildman–Crippen MR) is 91.0 cm³/mol. The van der Waals surface area contributed by atoms with Crippen LogP contribution in [0.3, 0.4) is 0 Å². The maximum Gasteiger partial charge on any atom is 0.396 e. The van der Waals surface area contributed by atoms with Crippen LogP contribution in [0.25, 0.3) is 0 Å². The Balaban J connectivity index is 2.46. The normalized spacial score (nSPS) is 16.7. The topological polar surface area (TPSA) is 92.9 Å². The summed E-state index contributed by atoms with van der Waals surface area (Å²) in [5.74, 6) is -3.93. The van der Waals surface area contributed by atoms with Gasteiger partial charge < -0.3 is 14.7 Å². The molecule has 1 aliphatic rings. The van der Waals surface area contributed by atoms with E-state index in [-0.39, 0.29) is 11.7 Å². The van der Waals surface area contributed by atoms with E-state index in [9.17, 15) is 28.1 Å². The molecule has 1 atom stereocenters. The minimum Gasteiger partial charge on any atom is -0.481 e. The molecule has 0 amide bonds. The molecule has 150 valence electrons. The van der Waals surface area contributed by atoms with Crippen molar-refractivity contribution < 1.29 is 32.7 Å². The van der Waals surface area contributed by atoms with E-state index in [1.54, 1.807) is 4.90 Å². The first-order chi connectivity index (χ1) is 12.6. The number of carboxylic acids is 1. The number of halogens is 3. The van der Waals surface area contributed by atoms with Gasteiger partial charge in [-0.3, -0.25) is 14.9 Å². The lowest BCUT2D eigenvalue weighted by Crippen LogP contribution is -2.39. The highest BCUT2D eigenvalue weighted by atomic mass is 19.4. The summed E-state index contributed by atoms with van der Waals surface area (Å²) < 4.78 is 45.1. The first kappa shape index (κ1) is 20.9. The van der Waals surface area contributed by atoms with Crippen molar-refractivity contribution in [2.75, 3.05) is 24.7 Å². The zero-order valence-electron chi connectivity index (χ0n) is 14.7. The maximum atomic E-state index is 13.3. The van der Waals surface area contributed by atoms with Gasteiger partial charge in [0.2, 0.25) is 0 Å². The molecular formula is C17H21F3N2O5. The van der Waals surface area contributed by atoms with Gasteiger partial charge in [0.25, 0.3) is 5.69 Å². The van der Waals surface area contributed by atoms with Crippen molar-refractivity contribution in [3.63, 3.8) is 0 Å². The van der Waals surface area contributed by atoms with Gasteiger partial charge in [-0.1, -0.05) is 6.07 Å². The van der Waals surface area contributed by atoms with Crippen LogP contribution >= 0.6 is 0 Å². The van der Waals surface area contributed by atoms with Crippen LogP contribution in [0.5, 0.6) is 0 Å². The molecular weight excluding hydrogens is 369 g/mol. The van der Waals surface area contributed by atoms with Crippen LogP contribution in [0, 0.1) is 10.1 Å². The second-order valence-electron chi connectivity index (χ2n) is 6.33. The molecule has 1 fully saturated rings. The van der Waals surface area contributed by atoms with Crippen LogP contribution in [0.1, 0.15) is 37.7 Å². The molecule has 0 unspecified atom stereocenters. The van der Waals surface area contributed by atoms with E-state index in [1.165, 1.54) is 6.07 Å². The fraction of sp³-hybridized carbons (Fsp3) is 0.588. The molecule has 1 aromatic carbocycles. The van der Waals surface area contributed by atoms with Crippen LogP contribution < -0.4 is 4.90 Å². The SMILES string of the molecule is CCN(c1ccc([C@@H](CC(=O)O)C(F)(F)F)cc1[N+](=O)[O-])C1CCOCC1. The van der Waals surface area contributed by atoms with Crippen LogP contribution in [0.2, 0.25) is 0 Å². The third kappa shape index (κ3) is 5.09. The molecule has 1 aliphatic heterocycles. The number of carboxylic acid groups (broad SMARTS) is 1. The summed E-state index contributed by atoms with van der Waals surface area (Å²) in [5.41, 5.74) is -0.654. The lowest BCUT2D eigenvalue weighted by molar-refractivity contribution is -0.384. The number of rotatable bonds is 7. The molecule has 1 heterocycles. The molecule has 0 saturated carbocycles. The molecule has 0 bridgehead atoms. The van der Waals surface area contributed by atoms with Crippen LogP contribution in [0.4, 0.5) is 24.5 Å². The number of alkyl halides is 3. The molecule has 10 heteroatoms. The van der Waals surface area contributed by atoms with Crippen molar-refractivity contribution in [3.8, 4) is 0 Å². The number of aliphatic carboxylic acids is 1. The average Bonchev–Trinajstić information content (AvgIpc) is 2.60. The van der Waals surface area contributed by atoms with E-state index in [1.807, 2.05) is 6.92 Å². The van der Waals surface area contributed by atoms with Crippen LogP contribution in [-0.4, -0.2) is 48.0 Å². The monoisotopic (exact) mass is 390 g/mol. The van der Waals surface area contributed by atoms with Crippen molar-refractivity contribution in [1.29, 1.82) is 0 Å². The number of nitro benzene ring substituents is 1. The van der Waals surface area contributed by atoms with Gasteiger partial charge in [-0.2, -0.15) is 13.2 Å². The quantitative estimate of drug-likeness (QED) is 0.563. The second kappa shape index (κ2) is 8.55. The van der Waals surface area contributed by atoms with Crippen LogP contribution in [-0.2, 0) is 9.53 Å². The zero-order chi connectivity index (χ0) is 20.2. The fourth-order valence-electron chi connectivity index (χ4n) is 3.37. The van der Waals surface area contributed by atoms with E-state index in [0.29, 0.717) is 32.6 Å². The molecule has 1 aromatic rings. The highest BCUT2D eigenvalue weighted by Gasteiger charge is 2.43. The molecule has 0 aromatic heterocycles. The van der Waals surface area contributed by atoms with Gasteiger partial charge >= 0.3 is 12.1 Å². The summed E-state index contributed by atoms with van der Waals surface area (Å²) in [6.45, 7) is 3.29. The van der Waals surface area contributed by atoms with Crippen molar-refractivity contribution in [3.05, 3.63) is 33.9 Å². The van der Waals surface area contributed by atoms with Crippen molar-refractivity contribution in [1.82, 2.24) is 0 Å². The highest BCUT2D eigenvalue weighted by Crippen LogP contribution is 2.41. The number of hydrogen-bond donors (Lipinski definition) is 1. The van der Waals surface area contributed by atoms with E-state index in [4.69, 9.17) is 9.84 Å². The largest absolute Gasteiger partial charge is 0.481 e. The van der Waals surface area contributed by atoms with Gasteiger partial charge in [0.15, 0.2) is 0 Å². The molecule has 0 aliphatic carbocycles. The van der Waals surface area contributed by atoms with E-state index < -0.39 is 40.7 Å². The first-order valence-corrected chi connectivity index (χ1v) is 8.56.